The van der Waals surface area contributed by atoms with Crippen LogP contribution in [0, 0.1) is 5.82 Å². The van der Waals surface area contributed by atoms with Crippen LogP contribution in [0.2, 0.25) is 0 Å². The maximum atomic E-state index is 13.5. The summed E-state index contributed by atoms with van der Waals surface area (Å²) in [4.78, 5) is 11.7. The number of benzene rings is 1. The van der Waals surface area contributed by atoms with E-state index in [1.165, 1.54) is 25.1 Å². The molecular weight excluding hydrogens is 239 g/mol. The molecule has 0 heterocycles. The average molecular weight is 256 g/mol. The van der Waals surface area contributed by atoms with Crippen molar-refractivity contribution in [3.05, 3.63) is 35.6 Å². The summed E-state index contributed by atoms with van der Waals surface area (Å²) in [7, 11) is 0. The maximum Gasteiger partial charge on any atom is 0.341 e. The van der Waals surface area contributed by atoms with Gasteiger partial charge in [0.15, 0.2) is 5.60 Å². The van der Waals surface area contributed by atoms with Gasteiger partial charge in [-0.05, 0) is 19.4 Å². The first-order valence-electron chi connectivity index (χ1n) is 5.79. The lowest BCUT2D eigenvalue weighted by atomic mass is 9.88. The molecule has 0 bridgehead atoms. The molecule has 0 saturated heterocycles. The molecule has 0 aromatic heterocycles. The van der Waals surface area contributed by atoms with Crippen molar-refractivity contribution in [1.29, 1.82) is 0 Å². The number of hydrogen-bond acceptors (Lipinski definition) is 4. The molecule has 2 N–H and O–H groups in total. The Kier molecular flexibility index (Phi) is 4.81. The number of esters is 1. The van der Waals surface area contributed by atoms with Crippen LogP contribution in [0.15, 0.2) is 24.3 Å². The van der Waals surface area contributed by atoms with Crippen LogP contribution in [0.1, 0.15) is 31.9 Å². The van der Waals surface area contributed by atoms with E-state index < -0.39 is 23.5 Å². The molecule has 0 saturated carbocycles. The quantitative estimate of drug-likeness (QED) is 0.785. The molecule has 0 spiro atoms. The second-order valence-corrected chi connectivity index (χ2v) is 3.92. The third-order valence-corrected chi connectivity index (χ3v) is 2.82. The van der Waals surface area contributed by atoms with Crippen LogP contribution in [-0.4, -0.2) is 28.4 Å². The van der Waals surface area contributed by atoms with Gasteiger partial charge in [0.05, 0.1) is 6.61 Å². The first kappa shape index (κ1) is 14.6. The van der Waals surface area contributed by atoms with Crippen molar-refractivity contribution >= 4 is 5.97 Å². The lowest BCUT2D eigenvalue weighted by molar-refractivity contribution is -0.179. The number of halogens is 1. The van der Waals surface area contributed by atoms with Gasteiger partial charge in [0.25, 0.3) is 0 Å². The zero-order chi connectivity index (χ0) is 13.8. The molecule has 1 rings (SSSR count). The zero-order valence-corrected chi connectivity index (χ0v) is 10.4. The molecular formula is C13H17FO4. The van der Waals surface area contributed by atoms with Crippen LogP contribution in [0.5, 0.6) is 0 Å². The van der Waals surface area contributed by atoms with Crippen LogP contribution < -0.4 is 0 Å². The second kappa shape index (κ2) is 5.93. The van der Waals surface area contributed by atoms with Crippen LogP contribution in [0.4, 0.5) is 4.39 Å². The smallest absolute Gasteiger partial charge is 0.341 e. The Morgan fingerprint density at radius 2 is 2.06 bits per heavy atom. The first-order valence-corrected chi connectivity index (χ1v) is 5.79. The van der Waals surface area contributed by atoms with Crippen molar-refractivity contribution in [3.63, 3.8) is 0 Å². The van der Waals surface area contributed by atoms with Crippen molar-refractivity contribution in [2.75, 3.05) is 6.61 Å². The molecule has 0 aliphatic carbocycles. The Hall–Kier alpha value is -1.46. The number of rotatable bonds is 5. The third-order valence-electron chi connectivity index (χ3n) is 2.82. The molecule has 0 radical (unpaired) electrons. The van der Waals surface area contributed by atoms with Gasteiger partial charge >= 0.3 is 5.97 Å². The van der Waals surface area contributed by atoms with Gasteiger partial charge in [-0.15, -0.1) is 0 Å². The van der Waals surface area contributed by atoms with Crippen molar-refractivity contribution in [3.8, 4) is 0 Å². The molecule has 0 fully saturated rings. The number of carbonyl (C=O) groups is 1. The van der Waals surface area contributed by atoms with Crippen molar-refractivity contribution in [2.45, 2.75) is 32.0 Å². The molecule has 0 aliphatic rings. The van der Waals surface area contributed by atoms with E-state index in [1.54, 1.807) is 6.92 Å². The maximum absolute atomic E-state index is 13.5. The summed E-state index contributed by atoms with van der Waals surface area (Å²) in [5.74, 6) is -1.63. The molecule has 0 aliphatic heterocycles. The summed E-state index contributed by atoms with van der Waals surface area (Å²) >= 11 is 0. The summed E-state index contributed by atoms with van der Waals surface area (Å²) in [5.41, 5.74) is -2.27. The number of aliphatic hydroxyl groups excluding tert-OH is 1. The second-order valence-electron chi connectivity index (χ2n) is 3.92. The van der Waals surface area contributed by atoms with Crippen LogP contribution in [0.25, 0.3) is 0 Å². The molecule has 18 heavy (non-hydrogen) atoms. The summed E-state index contributed by atoms with van der Waals surface area (Å²) in [6.45, 7) is 3.18. The van der Waals surface area contributed by atoms with Gasteiger partial charge in [0.1, 0.15) is 11.9 Å². The fourth-order valence-electron chi connectivity index (χ4n) is 1.66. The zero-order valence-electron chi connectivity index (χ0n) is 10.4. The van der Waals surface area contributed by atoms with E-state index in [0.717, 1.165) is 6.07 Å². The van der Waals surface area contributed by atoms with E-state index in [0.29, 0.717) is 0 Å². The fraction of sp³-hybridized carbons (Fsp3) is 0.462. The fourth-order valence-corrected chi connectivity index (χ4v) is 1.66. The van der Waals surface area contributed by atoms with Crippen molar-refractivity contribution < 1.29 is 24.1 Å². The minimum Gasteiger partial charge on any atom is -0.464 e. The number of carbonyl (C=O) groups excluding carboxylic acids is 1. The molecule has 1 aromatic carbocycles. The summed E-state index contributed by atoms with van der Waals surface area (Å²) in [6, 6.07) is 5.45. The molecule has 5 heteroatoms. The minimum atomic E-state index is -2.14. The lowest BCUT2D eigenvalue weighted by Crippen LogP contribution is -2.45. The van der Waals surface area contributed by atoms with E-state index in [2.05, 4.69) is 0 Å². The van der Waals surface area contributed by atoms with Crippen LogP contribution in [0.3, 0.4) is 0 Å². The number of aliphatic hydroxyl groups is 2. The van der Waals surface area contributed by atoms with Crippen molar-refractivity contribution in [2.24, 2.45) is 0 Å². The van der Waals surface area contributed by atoms with E-state index in [4.69, 9.17) is 4.74 Å². The summed E-state index contributed by atoms with van der Waals surface area (Å²) < 4.78 is 18.2. The number of hydrogen-bond donors (Lipinski definition) is 2. The standard InChI is InChI=1S/C13H17FO4/c1-3-13(17,12(16)18-4-2)11(15)9-7-5-6-8-10(9)14/h5-8,11,15,17H,3-4H2,1-2H3/t11-,13-/m0/s1. The monoisotopic (exact) mass is 256 g/mol. The van der Waals surface area contributed by atoms with Gasteiger partial charge in [-0.3, -0.25) is 0 Å². The highest BCUT2D eigenvalue weighted by atomic mass is 19.1. The van der Waals surface area contributed by atoms with Gasteiger partial charge in [-0.25, -0.2) is 9.18 Å². The molecule has 1 aromatic rings. The lowest BCUT2D eigenvalue weighted by Gasteiger charge is -2.29. The predicted octanol–water partition coefficient (Wildman–Crippen LogP) is 1.56. The first-order chi connectivity index (χ1) is 8.47. The van der Waals surface area contributed by atoms with Gasteiger partial charge < -0.3 is 14.9 Å². The highest BCUT2D eigenvalue weighted by Crippen LogP contribution is 2.31. The molecule has 0 amide bonds. The Morgan fingerprint density at radius 3 is 2.56 bits per heavy atom. The molecule has 4 nitrogen and oxygen atoms in total. The van der Waals surface area contributed by atoms with E-state index in [-0.39, 0.29) is 18.6 Å². The summed E-state index contributed by atoms with van der Waals surface area (Å²) in [5, 5.41) is 20.2. The van der Waals surface area contributed by atoms with E-state index in [9.17, 15) is 19.4 Å². The largest absolute Gasteiger partial charge is 0.464 e. The summed E-state index contributed by atoms with van der Waals surface area (Å²) in [6.07, 6.45) is -1.75. The SMILES string of the molecule is CCOC(=O)[C@](O)(CC)[C@@H](O)c1ccccc1F. The topological polar surface area (TPSA) is 66.8 Å². The normalized spacial score (nSPS) is 15.8. The van der Waals surface area contributed by atoms with Gasteiger partial charge in [-0.1, -0.05) is 25.1 Å². The Bertz CT molecular complexity index is 421. The van der Waals surface area contributed by atoms with E-state index in [1.807, 2.05) is 0 Å². The average Bonchev–Trinajstić information content (AvgIpc) is 2.37. The van der Waals surface area contributed by atoms with E-state index >= 15 is 0 Å². The Morgan fingerprint density at radius 1 is 1.44 bits per heavy atom. The highest BCUT2D eigenvalue weighted by molar-refractivity contribution is 5.80. The minimum absolute atomic E-state index is 0.0745. The van der Waals surface area contributed by atoms with Gasteiger partial charge in [0.2, 0.25) is 0 Å². The van der Waals surface area contributed by atoms with Gasteiger partial charge in [0, 0.05) is 5.56 Å². The van der Waals surface area contributed by atoms with Crippen LogP contribution >= 0.6 is 0 Å². The van der Waals surface area contributed by atoms with Crippen LogP contribution in [-0.2, 0) is 9.53 Å². The predicted molar refractivity (Wildman–Crippen MR) is 63.2 cm³/mol. The third kappa shape index (κ3) is 2.68. The number of ether oxygens (including phenoxy) is 1. The molecule has 0 unspecified atom stereocenters. The van der Waals surface area contributed by atoms with Crippen molar-refractivity contribution in [1.82, 2.24) is 0 Å². The Balaban J connectivity index is 3.09. The van der Waals surface area contributed by atoms with Gasteiger partial charge in [-0.2, -0.15) is 0 Å². The highest BCUT2D eigenvalue weighted by Gasteiger charge is 2.44. The molecule has 2 atom stereocenters. The Labute approximate surface area is 105 Å². The molecule has 100 valence electrons.